The van der Waals surface area contributed by atoms with Gasteiger partial charge in [-0.15, -0.1) is 22.7 Å². The van der Waals surface area contributed by atoms with Gasteiger partial charge in [-0.05, 0) is 171 Å². The smallest absolute Gasteiger partial charge is 0.410 e. The molecule has 9 rings (SSSR count). The molecule has 5 aromatic carbocycles. The van der Waals surface area contributed by atoms with Crippen molar-refractivity contribution >= 4 is 157 Å². The number of carboxylic acid groups (broad SMARTS) is 1. The first-order valence-corrected chi connectivity index (χ1v) is 34.9. The van der Waals surface area contributed by atoms with Crippen LogP contribution in [0.4, 0.5) is 49.5 Å². The van der Waals surface area contributed by atoms with E-state index < -0.39 is 106 Å². The number of halogens is 10. The topological polar surface area (TPSA) is 360 Å². The third-order valence-electron chi connectivity index (χ3n) is 14.5. The molecule has 24 nitrogen and oxygen atoms in total. The van der Waals surface area contributed by atoms with E-state index in [1.807, 2.05) is 5.32 Å². The minimum atomic E-state index is -1.64. The Balaban J connectivity index is 0.000000253. The molecule has 11 N–H and O–H groups in total. The van der Waals surface area contributed by atoms with Crippen LogP contribution in [0.15, 0.2) is 91.0 Å². The number of anilines is 4. The number of aromatic nitrogens is 2. The Labute approximate surface area is 626 Å². The number of piperidine rings is 2. The Kier molecular flexibility index (Phi) is 34.0. The Bertz CT molecular complexity index is 4230. The van der Waals surface area contributed by atoms with Crippen LogP contribution in [0.3, 0.4) is 0 Å². The third kappa shape index (κ3) is 27.1. The molecule has 0 radical (unpaired) electrons. The van der Waals surface area contributed by atoms with Gasteiger partial charge in [-0.25, -0.2) is 46.3 Å². The molecule has 2 aliphatic rings. The number of ketones is 1. The zero-order chi connectivity index (χ0) is 77.3. The number of ether oxygens (including phenoxy) is 2. The number of hydrogen-bond acceptors (Lipinski definition) is 19. The monoisotopic (exact) mass is 1590 g/mol. The maximum absolute atomic E-state index is 13.8. The van der Waals surface area contributed by atoms with Crippen LogP contribution in [0.25, 0.3) is 0 Å². The molecule has 4 atom stereocenters. The normalized spacial score (nSPS) is 14.4. The summed E-state index contributed by atoms with van der Waals surface area (Å²) in [5, 5.41) is 43.7. The molecule has 560 valence electrons. The lowest BCUT2D eigenvalue weighted by Crippen LogP contribution is -2.53. The predicted molar refractivity (Wildman–Crippen MR) is 384 cm³/mol. The first-order valence-electron chi connectivity index (χ1n) is 31.4. The molecular weight excluding hydrogens is 1520 g/mol. The minimum Gasteiger partial charge on any atom is -0.474 e. The van der Waals surface area contributed by atoms with Crippen LogP contribution < -0.4 is 37.6 Å². The largest absolute Gasteiger partial charge is 0.474 e. The number of nitrogens with zero attached hydrogens (tertiary/aromatic N) is 3. The second-order valence-corrected chi connectivity index (χ2v) is 27.7. The molecule has 7 aromatic rings. The highest BCUT2D eigenvalue weighted by Gasteiger charge is 2.40. The van der Waals surface area contributed by atoms with Crippen LogP contribution in [-0.2, 0) is 67.5 Å². The van der Waals surface area contributed by atoms with Gasteiger partial charge < -0.3 is 67.3 Å². The number of nitrogens with two attached hydrogens (primary N) is 1. The van der Waals surface area contributed by atoms with Crippen molar-refractivity contribution in [2.24, 2.45) is 0 Å². The fourth-order valence-corrected chi connectivity index (χ4v) is 12.1. The van der Waals surface area contributed by atoms with Gasteiger partial charge in [-0.3, -0.25) is 28.8 Å². The Morgan fingerprint density at radius 2 is 1.06 bits per heavy atom. The van der Waals surface area contributed by atoms with E-state index in [4.69, 9.17) is 73.6 Å². The van der Waals surface area contributed by atoms with Gasteiger partial charge >= 0.3 is 41.7 Å². The van der Waals surface area contributed by atoms with Gasteiger partial charge in [0.25, 0.3) is 5.91 Å². The SMILES string of the molecule is CCOC(=O)C(=O)Nc1ccc(Cl)c(F)c1.Cc1nc(C(NC(=O)C(=O)Cc2ccc(Cl)c(F)c2)C2CCCCN2C(=O)OC(C)(C)C)sc1CO.Cc1nc(C(NC(=O)C(=O)Nc2ccc(Cl)c(F)c2)C2CCCCN2)sc1CO.Nc1ccc(Cl)c(F)c1.O=C(O)C(=O)Nc1ccc(Cl)c(F)c1. The van der Waals surface area contributed by atoms with E-state index in [0.29, 0.717) is 50.5 Å². The van der Waals surface area contributed by atoms with Gasteiger partial charge in [0.05, 0.1) is 78.2 Å². The average Bonchev–Trinajstić information content (AvgIpc) is 1.65. The lowest BCUT2D eigenvalue weighted by atomic mass is 9.95. The molecule has 104 heavy (non-hydrogen) atoms. The Morgan fingerprint density at radius 1 is 0.606 bits per heavy atom. The van der Waals surface area contributed by atoms with Crippen molar-refractivity contribution in [2.75, 3.05) is 41.4 Å². The van der Waals surface area contributed by atoms with Crippen LogP contribution in [0.1, 0.15) is 115 Å². The molecule has 0 saturated carbocycles. The lowest BCUT2D eigenvalue weighted by Gasteiger charge is -2.40. The standard InChI is InChI=1S/C25H31ClFN3O5S.C19H22ClFN4O3S.C10H9ClFNO3.C8H5ClFNO3.C6H5ClFN/c1-14-20(13-31)36-23(28-14)21(18-7-5-6-10-30(18)24(34)35-25(2,3)4)29-22(33)19(32)12-15-8-9-16(26)17(27)11-15;1-10-15(9-26)29-19(23-10)16(14-4-2-3-7-22-14)25-18(28)17(27)24-11-5-6-12(20)13(21)8-11;1-2-16-10(15)9(14)13-6-3-4-7(11)8(12)5-6;9-5-2-1-4(3-6(5)10)11-7(12)8(13)14;7-5-2-1-4(9)3-6(5)8/h8-9,11,18,21,31H,5-7,10,12-13H2,1-4H3,(H,29,33);5-6,8,14,16,22,26H,2-4,7,9H2,1H3,(H,24,27)(H,25,28);3-5H,2H2,1H3,(H,13,14);1-3H,(H,11,12)(H,13,14);1-3H,9H2. The Hall–Kier alpha value is -8.63. The Morgan fingerprint density at radius 3 is 1.49 bits per heavy atom. The molecule has 0 bridgehead atoms. The number of hydrogen-bond donors (Lipinski definition) is 10. The van der Waals surface area contributed by atoms with Crippen molar-refractivity contribution in [2.45, 2.75) is 129 Å². The van der Waals surface area contributed by atoms with E-state index in [1.165, 1.54) is 83.3 Å². The number of benzene rings is 5. The van der Waals surface area contributed by atoms with Gasteiger partial charge in [0.1, 0.15) is 50.7 Å². The number of aliphatic hydroxyl groups is 2. The van der Waals surface area contributed by atoms with E-state index in [1.54, 1.807) is 52.5 Å². The number of esters is 1. The van der Waals surface area contributed by atoms with Crippen molar-refractivity contribution in [1.82, 2.24) is 30.8 Å². The number of aryl methyl sites for hydroxylation is 2. The number of Topliss-reactive ketones (excluding diaryl/α,β-unsaturated/α-hetero) is 1. The summed E-state index contributed by atoms with van der Waals surface area (Å²) in [5.41, 5.74) is 6.84. The molecule has 36 heteroatoms. The zero-order valence-corrected chi connectivity index (χ0v) is 61.7. The van der Waals surface area contributed by atoms with E-state index >= 15 is 0 Å². The maximum atomic E-state index is 13.8. The summed E-state index contributed by atoms with van der Waals surface area (Å²) in [4.78, 5) is 118. The van der Waals surface area contributed by atoms with Crippen molar-refractivity contribution in [1.29, 1.82) is 0 Å². The predicted octanol–water partition coefficient (Wildman–Crippen LogP) is 12.7. The van der Waals surface area contributed by atoms with Crippen LogP contribution in [-0.4, -0.2) is 121 Å². The minimum absolute atomic E-state index is 0.0410. The highest BCUT2D eigenvalue weighted by Crippen LogP contribution is 2.35. The van der Waals surface area contributed by atoms with Gasteiger partial charge in [0.2, 0.25) is 5.78 Å². The molecule has 6 amide bonds. The summed E-state index contributed by atoms with van der Waals surface area (Å²) in [6.07, 6.45) is 4.18. The summed E-state index contributed by atoms with van der Waals surface area (Å²) in [7, 11) is 0. The molecular formula is C68H72Cl5F5N10O14S2. The first kappa shape index (κ1) is 86.0. The van der Waals surface area contributed by atoms with Gasteiger partial charge in [-0.2, -0.15) is 0 Å². The summed E-state index contributed by atoms with van der Waals surface area (Å²) in [5.74, 6) is -11.5. The average molecular weight is 1590 g/mol. The number of rotatable bonds is 15. The number of nitrogens with one attached hydrogen (secondary N) is 6. The highest BCUT2D eigenvalue weighted by molar-refractivity contribution is 7.12. The number of carbonyl (C=O) groups is 9. The summed E-state index contributed by atoms with van der Waals surface area (Å²) in [6, 6.07) is 17.1. The van der Waals surface area contributed by atoms with E-state index in [2.05, 4.69) is 41.3 Å². The van der Waals surface area contributed by atoms with E-state index in [0.717, 1.165) is 67.8 Å². The molecule has 2 aliphatic heterocycles. The van der Waals surface area contributed by atoms with Crippen LogP contribution in [0.2, 0.25) is 25.1 Å². The maximum Gasteiger partial charge on any atom is 0.410 e. The number of nitrogen functional groups attached to an aromatic ring is 1. The van der Waals surface area contributed by atoms with E-state index in [-0.39, 0.29) is 74.5 Å². The van der Waals surface area contributed by atoms with Crippen molar-refractivity contribution in [3.05, 3.63) is 182 Å². The molecule has 2 fully saturated rings. The summed E-state index contributed by atoms with van der Waals surface area (Å²) >= 11 is 30.0. The zero-order valence-electron chi connectivity index (χ0n) is 56.3. The number of aliphatic hydroxyl groups excluding tert-OH is 2. The molecule has 4 unspecified atom stereocenters. The number of carboxylic acids is 1. The van der Waals surface area contributed by atoms with Crippen molar-refractivity contribution in [3.63, 3.8) is 0 Å². The second-order valence-electron chi connectivity index (χ2n) is 23.4. The van der Waals surface area contributed by atoms with Crippen LogP contribution in [0.5, 0.6) is 0 Å². The van der Waals surface area contributed by atoms with Crippen molar-refractivity contribution in [3.8, 4) is 0 Å². The third-order valence-corrected chi connectivity index (χ3v) is 18.4. The number of likely N-dealkylation sites (tertiary alicyclic amines) is 1. The van der Waals surface area contributed by atoms with Gasteiger partial charge in [0, 0.05) is 41.8 Å². The van der Waals surface area contributed by atoms with E-state index in [9.17, 15) is 75.3 Å². The molecule has 4 heterocycles. The number of amides is 6. The van der Waals surface area contributed by atoms with Gasteiger partial charge in [-0.1, -0.05) is 70.5 Å². The first-order chi connectivity index (χ1) is 49.0. The molecule has 0 spiro atoms. The fraction of sp³-hybridized carbons (Fsp3) is 0.338. The molecule has 2 aromatic heterocycles. The molecule has 0 aliphatic carbocycles. The quantitative estimate of drug-likeness (QED) is 0.0197. The second kappa shape index (κ2) is 41.2. The molecule has 2 saturated heterocycles. The highest BCUT2D eigenvalue weighted by atomic mass is 35.5. The number of carbonyl (C=O) groups excluding carboxylic acids is 8. The number of thiazole rings is 2. The number of aliphatic carboxylic acids is 1. The van der Waals surface area contributed by atoms with Gasteiger partial charge in [0.15, 0.2) is 0 Å². The van der Waals surface area contributed by atoms with Crippen molar-refractivity contribution < 1.29 is 89.9 Å². The fourth-order valence-electron chi connectivity index (χ4n) is 9.46. The summed E-state index contributed by atoms with van der Waals surface area (Å²) in [6.45, 7) is 11.4. The van der Waals surface area contributed by atoms with Crippen LogP contribution in [0, 0.1) is 42.9 Å². The summed E-state index contributed by atoms with van der Waals surface area (Å²) < 4.78 is 75.6. The lowest BCUT2D eigenvalue weighted by molar-refractivity contribution is -0.152. The van der Waals surface area contributed by atoms with Crippen LogP contribution >= 0.6 is 80.7 Å².